The van der Waals surface area contributed by atoms with E-state index in [1.54, 1.807) is 12.1 Å². The Morgan fingerprint density at radius 1 is 1.10 bits per heavy atom. The number of nitrogens with zero attached hydrogens (tertiary/aromatic N) is 2. The van der Waals surface area contributed by atoms with Crippen LogP contribution < -0.4 is 5.32 Å². The first-order chi connectivity index (χ1) is 9.70. The molecule has 0 saturated carbocycles. The van der Waals surface area contributed by atoms with Crippen molar-refractivity contribution in [3.8, 4) is 0 Å². The molecule has 0 aliphatic carbocycles. The minimum absolute atomic E-state index is 0.0540. The van der Waals surface area contributed by atoms with Gasteiger partial charge in [-0.05, 0) is 30.8 Å². The zero-order valence-electron chi connectivity index (χ0n) is 11.5. The Bertz CT molecular complexity index is 731. The van der Waals surface area contributed by atoms with E-state index in [2.05, 4.69) is 16.5 Å². The molecule has 0 aliphatic rings. The third kappa shape index (κ3) is 2.08. The Balaban J connectivity index is 2.14. The van der Waals surface area contributed by atoms with Gasteiger partial charge in [0.2, 0.25) is 0 Å². The molecule has 0 aliphatic heterocycles. The summed E-state index contributed by atoms with van der Waals surface area (Å²) >= 11 is 0. The summed E-state index contributed by atoms with van der Waals surface area (Å²) in [6.07, 6.45) is 0. The van der Waals surface area contributed by atoms with E-state index in [9.17, 15) is 4.39 Å². The van der Waals surface area contributed by atoms with E-state index in [0.717, 1.165) is 22.2 Å². The summed E-state index contributed by atoms with van der Waals surface area (Å²) in [6, 6.07) is 14.6. The molecule has 0 amide bonds. The fraction of sp³-hybridized carbons (Fsp3) is 0.188. The number of para-hydroxylation sites is 1. The second-order valence-electron chi connectivity index (χ2n) is 4.80. The molecule has 0 radical (unpaired) electrons. The molecule has 2 aromatic carbocycles. The van der Waals surface area contributed by atoms with Gasteiger partial charge in [0.05, 0.1) is 17.3 Å². The number of rotatable bonds is 3. The standard InChI is InChI=1S/C16H16FN3/c1-18-15(11-7-9-12(17)10-8-11)16-13-5-3-4-6-14(13)20(2)19-16/h3-10,15,18H,1-2H3. The Hall–Kier alpha value is -2.20. The van der Waals surface area contributed by atoms with Crippen LogP contribution in [0.25, 0.3) is 10.9 Å². The summed E-state index contributed by atoms with van der Waals surface area (Å²) in [4.78, 5) is 0. The van der Waals surface area contributed by atoms with Crippen molar-refractivity contribution in [1.29, 1.82) is 0 Å². The third-order valence-corrected chi connectivity index (χ3v) is 3.55. The molecular formula is C16H16FN3. The number of hydrogen-bond donors (Lipinski definition) is 1. The smallest absolute Gasteiger partial charge is 0.123 e. The topological polar surface area (TPSA) is 29.9 Å². The Morgan fingerprint density at radius 3 is 2.50 bits per heavy atom. The van der Waals surface area contributed by atoms with Gasteiger partial charge in [-0.25, -0.2) is 4.39 Å². The normalized spacial score (nSPS) is 12.8. The van der Waals surface area contributed by atoms with Crippen molar-refractivity contribution in [2.45, 2.75) is 6.04 Å². The highest BCUT2D eigenvalue weighted by Crippen LogP contribution is 2.27. The molecule has 3 rings (SSSR count). The Kier molecular flexibility index (Phi) is 3.24. The number of fused-ring (bicyclic) bond motifs is 1. The van der Waals surface area contributed by atoms with Crippen LogP contribution in [0.15, 0.2) is 48.5 Å². The molecule has 0 fully saturated rings. The maximum atomic E-state index is 13.1. The van der Waals surface area contributed by atoms with Crippen LogP contribution in [0.4, 0.5) is 4.39 Å². The Morgan fingerprint density at radius 2 is 1.80 bits per heavy atom. The molecule has 4 heteroatoms. The largest absolute Gasteiger partial charge is 0.308 e. The van der Waals surface area contributed by atoms with Crippen molar-refractivity contribution in [2.24, 2.45) is 7.05 Å². The summed E-state index contributed by atoms with van der Waals surface area (Å²) in [5, 5.41) is 8.99. The van der Waals surface area contributed by atoms with Gasteiger partial charge in [0.25, 0.3) is 0 Å². The van der Waals surface area contributed by atoms with Crippen LogP contribution in [-0.4, -0.2) is 16.8 Å². The van der Waals surface area contributed by atoms with E-state index in [1.165, 1.54) is 12.1 Å². The first-order valence-electron chi connectivity index (χ1n) is 6.55. The summed E-state index contributed by atoms with van der Waals surface area (Å²) in [6.45, 7) is 0. The minimum atomic E-state index is -0.227. The van der Waals surface area contributed by atoms with Gasteiger partial charge in [0.1, 0.15) is 5.82 Å². The van der Waals surface area contributed by atoms with Crippen molar-refractivity contribution in [2.75, 3.05) is 7.05 Å². The van der Waals surface area contributed by atoms with Crippen LogP contribution in [0.2, 0.25) is 0 Å². The quantitative estimate of drug-likeness (QED) is 0.792. The lowest BCUT2D eigenvalue weighted by atomic mass is 10.0. The summed E-state index contributed by atoms with van der Waals surface area (Å²) in [5.41, 5.74) is 3.04. The average molecular weight is 269 g/mol. The van der Waals surface area contributed by atoms with Crippen molar-refractivity contribution in [3.63, 3.8) is 0 Å². The number of hydrogen-bond acceptors (Lipinski definition) is 2. The zero-order chi connectivity index (χ0) is 14.1. The van der Waals surface area contributed by atoms with Gasteiger partial charge in [0.15, 0.2) is 0 Å². The van der Waals surface area contributed by atoms with Crippen LogP contribution in [0, 0.1) is 5.82 Å². The van der Waals surface area contributed by atoms with Gasteiger partial charge in [-0.3, -0.25) is 4.68 Å². The molecule has 1 unspecified atom stereocenters. The van der Waals surface area contributed by atoms with Gasteiger partial charge in [-0.2, -0.15) is 5.10 Å². The molecule has 0 bridgehead atoms. The van der Waals surface area contributed by atoms with Crippen molar-refractivity contribution < 1.29 is 4.39 Å². The third-order valence-electron chi connectivity index (χ3n) is 3.55. The van der Waals surface area contributed by atoms with E-state index in [-0.39, 0.29) is 11.9 Å². The Labute approximate surface area is 117 Å². The van der Waals surface area contributed by atoms with E-state index < -0.39 is 0 Å². The van der Waals surface area contributed by atoms with Gasteiger partial charge in [-0.1, -0.05) is 30.3 Å². The van der Waals surface area contributed by atoms with Gasteiger partial charge in [0, 0.05) is 12.4 Å². The van der Waals surface area contributed by atoms with E-state index >= 15 is 0 Å². The van der Waals surface area contributed by atoms with Gasteiger partial charge >= 0.3 is 0 Å². The zero-order valence-corrected chi connectivity index (χ0v) is 11.5. The molecule has 1 N–H and O–H groups in total. The minimum Gasteiger partial charge on any atom is -0.308 e. The molecule has 1 atom stereocenters. The maximum Gasteiger partial charge on any atom is 0.123 e. The predicted octanol–water partition coefficient (Wildman–Crippen LogP) is 3.02. The second-order valence-corrected chi connectivity index (χ2v) is 4.80. The number of aromatic nitrogens is 2. The molecule has 0 saturated heterocycles. The average Bonchev–Trinajstić information content (AvgIpc) is 2.80. The van der Waals surface area contributed by atoms with Gasteiger partial charge in [-0.15, -0.1) is 0 Å². The summed E-state index contributed by atoms with van der Waals surface area (Å²) in [5.74, 6) is -0.227. The lowest BCUT2D eigenvalue weighted by molar-refractivity contribution is 0.619. The fourth-order valence-corrected chi connectivity index (χ4v) is 2.57. The molecular weight excluding hydrogens is 253 g/mol. The highest BCUT2D eigenvalue weighted by Gasteiger charge is 2.19. The monoisotopic (exact) mass is 269 g/mol. The predicted molar refractivity (Wildman–Crippen MR) is 78.0 cm³/mol. The van der Waals surface area contributed by atoms with Crippen molar-refractivity contribution in [1.82, 2.24) is 15.1 Å². The summed E-state index contributed by atoms with van der Waals surface area (Å²) in [7, 11) is 3.82. The maximum absolute atomic E-state index is 13.1. The molecule has 20 heavy (non-hydrogen) atoms. The molecule has 1 heterocycles. The molecule has 1 aromatic heterocycles. The first kappa shape index (κ1) is 12.8. The van der Waals surface area contributed by atoms with Crippen LogP contribution in [0.3, 0.4) is 0 Å². The number of nitrogens with one attached hydrogen (secondary N) is 1. The lowest BCUT2D eigenvalue weighted by Crippen LogP contribution is -2.18. The highest BCUT2D eigenvalue weighted by atomic mass is 19.1. The number of aryl methyl sites for hydroxylation is 1. The van der Waals surface area contributed by atoms with Crippen LogP contribution in [-0.2, 0) is 7.05 Å². The van der Waals surface area contributed by atoms with Gasteiger partial charge < -0.3 is 5.32 Å². The fourth-order valence-electron chi connectivity index (χ4n) is 2.57. The van der Waals surface area contributed by atoms with Crippen LogP contribution in [0.1, 0.15) is 17.3 Å². The van der Waals surface area contributed by atoms with Crippen LogP contribution in [0.5, 0.6) is 0 Å². The van der Waals surface area contributed by atoms with Crippen molar-refractivity contribution in [3.05, 3.63) is 65.6 Å². The van der Waals surface area contributed by atoms with E-state index in [1.807, 2.05) is 37.0 Å². The summed E-state index contributed by atoms with van der Waals surface area (Å²) < 4.78 is 14.9. The molecule has 0 spiro atoms. The van der Waals surface area contributed by atoms with Crippen molar-refractivity contribution >= 4 is 10.9 Å². The molecule has 102 valence electrons. The second kappa shape index (κ2) is 5.06. The lowest BCUT2D eigenvalue weighted by Gasteiger charge is -2.14. The number of halogens is 1. The van der Waals surface area contributed by atoms with E-state index in [4.69, 9.17) is 0 Å². The van der Waals surface area contributed by atoms with E-state index in [0.29, 0.717) is 0 Å². The highest BCUT2D eigenvalue weighted by molar-refractivity contribution is 5.82. The SMILES string of the molecule is CNC(c1ccc(F)cc1)c1nn(C)c2ccccc12. The number of benzene rings is 2. The van der Waals surface area contributed by atoms with Crippen LogP contribution >= 0.6 is 0 Å². The first-order valence-corrected chi connectivity index (χ1v) is 6.55. The molecule has 3 nitrogen and oxygen atoms in total. The molecule has 3 aromatic rings.